The van der Waals surface area contributed by atoms with Crippen molar-refractivity contribution in [1.29, 1.82) is 0 Å². The van der Waals surface area contributed by atoms with E-state index in [9.17, 15) is 0 Å². The molecule has 21 rings (SSSR count). The molecule has 0 bridgehead atoms. The average molecular weight is 1560 g/mol. The Bertz CT molecular complexity index is 5790. The number of aromatic amines is 4. The zero-order valence-corrected chi connectivity index (χ0v) is 64.3. The number of piperidine rings is 1. The van der Waals surface area contributed by atoms with E-state index in [1.165, 1.54) is 38.6 Å². The zero-order valence-electron chi connectivity index (χ0n) is 64.3. The van der Waals surface area contributed by atoms with E-state index >= 15 is 0 Å². The van der Waals surface area contributed by atoms with Crippen LogP contribution in [0.5, 0.6) is 0 Å². The molecule has 16 aromatic heterocycles. The first-order valence-electron chi connectivity index (χ1n) is 38.9. The fraction of sp³-hybridized carbons (Fsp3) is 0.325. The molecular weight excluding hydrogens is 1470 g/mol. The molecular formula is C77H87N39. The topological polar surface area (TPSA) is 409 Å². The maximum Gasteiger partial charge on any atom is 0.225 e. The van der Waals surface area contributed by atoms with Gasteiger partial charge in [-0.25, -0.2) is 79.7 Å². The summed E-state index contributed by atoms with van der Waals surface area (Å²) in [7, 11) is 2.13. The van der Waals surface area contributed by atoms with Crippen molar-refractivity contribution in [2.24, 2.45) is 5.92 Å². The number of H-pyrrole nitrogens is 4. The number of aromatic nitrogens is 28. The van der Waals surface area contributed by atoms with Crippen molar-refractivity contribution in [3.63, 3.8) is 0 Å². The van der Waals surface area contributed by atoms with Crippen LogP contribution < -0.4 is 40.9 Å². The molecule has 0 amide bonds. The van der Waals surface area contributed by atoms with Gasteiger partial charge < -0.3 is 45.8 Å². The molecule has 39 heteroatoms. The monoisotopic (exact) mass is 1560 g/mol. The van der Waals surface area contributed by atoms with E-state index in [4.69, 9.17) is 0 Å². The third kappa shape index (κ3) is 16.6. The van der Waals surface area contributed by atoms with Crippen molar-refractivity contribution in [3.05, 3.63) is 174 Å². The SMILES string of the molecule is CC(C)N1CCN(c2ncc(Nc3ncc(-c4cn[nH]c4)n4ccnc34)cn2)CC1.CN1CCN(c2ncc(Nc3ncc(-c4cn[nH]c4)n4ccnc34)cn2)CC1.c1cn2c(-c3cn[nH]c3)cnc(Nc3cnc(N4CCCCC4)nc3)c2n1.c1cn2c(-c3cn[nH]c3)cnc(Nc3cnc(N4CCN(CC5CC5)CC4)nc3)c2n1. The van der Waals surface area contributed by atoms with E-state index in [1.807, 2.05) is 79.6 Å². The van der Waals surface area contributed by atoms with Gasteiger partial charge in [0.15, 0.2) is 45.9 Å². The van der Waals surface area contributed by atoms with Crippen LogP contribution in [0.1, 0.15) is 46.0 Å². The average Bonchev–Trinajstić information content (AvgIpc) is 1.63. The lowest BCUT2D eigenvalue weighted by Gasteiger charge is -2.36. The molecule has 39 nitrogen and oxygen atoms in total. The van der Waals surface area contributed by atoms with Gasteiger partial charge in [0.25, 0.3) is 0 Å². The lowest BCUT2D eigenvalue weighted by molar-refractivity contribution is 0.208. The van der Waals surface area contributed by atoms with Gasteiger partial charge in [-0.15, -0.1) is 0 Å². The number of fused-ring (bicyclic) bond motifs is 4. The molecule has 4 saturated heterocycles. The molecule has 0 aromatic carbocycles. The van der Waals surface area contributed by atoms with Gasteiger partial charge in [-0.3, -0.25) is 47.8 Å². The van der Waals surface area contributed by atoms with Gasteiger partial charge in [-0.2, -0.15) is 20.4 Å². The summed E-state index contributed by atoms with van der Waals surface area (Å²) in [5.41, 5.74) is 13.5. The highest BCUT2D eigenvalue weighted by Crippen LogP contribution is 2.33. The molecule has 16 aromatic rings. The van der Waals surface area contributed by atoms with Gasteiger partial charge >= 0.3 is 0 Å². The second-order valence-electron chi connectivity index (χ2n) is 29.2. The molecule has 20 heterocycles. The molecule has 4 aliphatic heterocycles. The van der Waals surface area contributed by atoms with Gasteiger partial charge in [0.2, 0.25) is 23.8 Å². The lowest BCUT2D eigenvalue weighted by atomic mass is 10.1. The van der Waals surface area contributed by atoms with Gasteiger partial charge in [-0.1, -0.05) is 0 Å². The summed E-state index contributed by atoms with van der Waals surface area (Å²) in [6.07, 6.45) is 57.1. The third-order valence-corrected chi connectivity index (χ3v) is 21.1. The highest BCUT2D eigenvalue weighted by molar-refractivity contribution is 5.77. The number of piperazine rings is 3. The molecule has 0 atom stereocenters. The normalized spacial score (nSPS) is 15.7. The first-order chi connectivity index (χ1) is 57.2. The maximum absolute atomic E-state index is 4.59. The van der Waals surface area contributed by atoms with Crippen LogP contribution >= 0.6 is 0 Å². The van der Waals surface area contributed by atoms with Crippen LogP contribution in [0, 0.1) is 5.92 Å². The predicted octanol–water partition coefficient (Wildman–Crippen LogP) is 8.42. The van der Waals surface area contributed by atoms with Crippen LogP contribution in [-0.4, -0.2) is 264 Å². The van der Waals surface area contributed by atoms with Gasteiger partial charge in [-0.05, 0) is 58.9 Å². The van der Waals surface area contributed by atoms with E-state index in [0.29, 0.717) is 29.3 Å². The standard InChI is InChI=1S/C21H24N10.C20H24N10.C18H20N10.C18H19N9/c1-2-15(1)14-29-5-7-30(8-6-29)21-24-11-17(12-25-21)28-19-20-22-3-4-31(20)18(13-23-19)16-9-26-27-10-16;1-14(2)28-5-7-29(8-6-28)20-23-11-16(12-24-20)27-18-19-21-3-4-30(19)17(13-22-18)15-9-25-26-10-15;1-26-4-6-27(7-5-26)18-21-10-14(11-22-18)25-16-17-19-2-3-28(17)15(12-20-16)13-8-23-24-9-13;1-2-5-26(6-3-1)18-21-10-14(11-22-18)25-16-17-19-4-7-27(17)15(12-20-16)13-8-23-24-9-13/h3-4,9-13,15H,1-2,5-8,14H2,(H,23,28)(H,26,27);3-4,9-14H,5-8H2,1-2H3,(H,22,27)(H,25,26);2-3,8-12H,4-7H2,1H3,(H,20,25)(H,23,24);4,7-12H,1-3,5-6H2,(H,20,25)(H,23,24). The molecule has 0 spiro atoms. The highest BCUT2D eigenvalue weighted by atomic mass is 15.4. The number of hydrogen-bond donors (Lipinski definition) is 8. The Morgan fingerprint density at radius 3 is 0.905 bits per heavy atom. The third-order valence-electron chi connectivity index (χ3n) is 21.1. The number of imidazole rings is 4. The molecule has 1 aliphatic carbocycles. The summed E-state index contributed by atoms with van der Waals surface area (Å²) in [4.78, 5) is 88.6. The maximum atomic E-state index is 4.59. The summed E-state index contributed by atoms with van der Waals surface area (Å²) >= 11 is 0. The highest BCUT2D eigenvalue weighted by Gasteiger charge is 2.28. The Kier molecular flexibility index (Phi) is 21.3. The van der Waals surface area contributed by atoms with Crippen molar-refractivity contribution in [2.45, 2.75) is 52.0 Å². The number of anilines is 12. The zero-order chi connectivity index (χ0) is 78.1. The van der Waals surface area contributed by atoms with E-state index in [1.54, 1.807) is 112 Å². The smallest absolute Gasteiger partial charge is 0.225 e. The van der Waals surface area contributed by atoms with Gasteiger partial charge in [0.05, 0.1) is 145 Å². The van der Waals surface area contributed by atoms with Crippen LogP contribution in [0.15, 0.2) is 174 Å². The van der Waals surface area contributed by atoms with Crippen molar-refractivity contribution < 1.29 is 0 Å². The van der Waals surface area contributed by atoms with E-state index < -0.39 is 0 Å². The van der Waals surface area contributed by atoms with Crippen molar-refractivity contribution in [2.75, 3.05) is 146 Å². The Morgan fingerprint density at radius 2 is 0.621 bits per heavy atom. The Balaban J connectivity index is 0.000000107. The summed E-state index contributed by atoms with van der Waals surface area (Å²) in [6, 6.07) is 0.576. The fourth-order valence-electron chi connectivity index (χ4n) is 14.5. The first-order valence-corrected chi connectivity index (χ1v) is 38.9. The predicted molar refractivity (Wildman–Crippen MR) is 440 cm³/mol. The first kappa shape index (κ1) is 73.4. The fourth-order valence-corrected chi connectivity index (χ4v) is 14.5. The molecule has 5 aliphatic rings. The second kappa shape index (κ2) is 33.7. The number of hydrogen-bond acceptors (Lipinski definition) is 31. The van der Waals surface area contributed by atoms with Crippen LogP contribution in [0.25, 0.3) is 67.6 Å². The minimum atomic E-state index is 0.576. The Labute approximate surface area is 664 Å². The number of nitrogens with one attached hydrogen (secondary N) is 8. The number of likely N-dealkylation sites (N-methyl/N-ethyl adjacent to an activating group) is 1. The van der Waals surface area contributed by atoms with Crippen LogP contribution in [-0.2, 0) is 0 Å². The molecule has 0 unspecified atom stereocenters. The van der Waals surface area contributed by atoms with Crippen LogP contribution in [0.2, 0.25) is 0 Å². The molecule has 0 radical (unpaired) electrons. The van der Waals surface area contributed by atoms with E-state index in [-0.39, 0.29) is 0 Å². The summed E-state index contributed by atoms with van der Waals surface area (Å²) in [6.45, 7) is 19.8. The van der Waals surface area contributed by atoms with Gasteiger partial charge in [0, 0.05) is 201 Å². The van der Waals surface area contributed by atoms with Crippen LogP contribution in [0.3, 0.4) is 0 Å². The molecule has 1 saturated carbocycles. The number of nitrogens with zero attached hydrogens (tertiary/aromatic N) is 31. The molecule has 590 valence electrons. The molecule has 116 heavy (non-hydrogen) atoms. The quantitative estimate of drug-likeness (QED) is 0.0376. The van der Waals surface area contributed by atoms with Crippen LogP contribution in [0.4, 0.5) is 69.8 Å². The van der Waals surface area contributed by atoms with Gasteiger partial charge in [0.1, 0.15) is 0 Å². The molecule has 5 fully saturated rings. The van der Waals surface area contributed by atoms with Crippen molar-refractivity contribution >= 4 is 92.4 Å². The Hall–Kier alpha value is -14.1. The minimum absolute atomic E-state index is 0.576. The largest absolute Gasteiger partial charge is 0.341 e. The van der Waals surface area contributed by atoms with Crippen molar-refractivity contribution in [3.8, 4) is 45.0 Å². The van der Waals surface area contributed by atoms with E-state index in [0.717, 1.165) is 212 Å². The van der Waals surface area contributed by atoms with E-state index in [2.05, 4.69) is 197 Å². The summed E-state index contributed by atoms with van der Waals surface area (Å²) < 4.78 is 7.91. The summed E-state index contributed by atoms with van der Waals surface area (Å²) in [5, 5.41) is 40.5. The molecule has 8 N–H and O–H groups in total. The summed E-state index contributed by atoms with van der Waals surface area (Å²) in [5.74, 6) is 6.63. The lowest BCUT2D eigenvalue weighted by Crippen LogP contribution is -2.49. The number of rotatable bonds is 19. The Morgan fingerprint density at radius 1 is 0.328 bits per heavy atom. The second-order valence-corrected chi connectivity index (χ2v) is 29.2. The minimum Gasteiger partial charge on any atom is -0.341 e. The van der Waals surface area contributed by atoms with Crippen molar-refractivity contribution in [1.82, 2.24) is 153 Å².